The van der Waals surface area contributed by atoms with E-state index in [9.17, 15) is 8.78 Å². The Morgan fingerprint density at radius 3 is 1.40 bits per heavy atom. The molecule has 3 aromatic rings. The van der Waals surface area contributed by atoms with Crippen LogP contribution in [0.1, 0.15) is 16.7 Å². The van der Waals surface area contributed by atoms with Gasteiger partial charge >= 0.3 is 0 Å². The molecule has 0 radical (unpaired) electrons. The maximum atomic E-state index is 12.6. The van der Waals surface area contributed by atoms with E-state index in [4.69, 9.17) is 14.2 Å². The molecule has 3 rings (SSSR count). The van der Waals surface area contributed by atoms with Gasteiger partial charge in [0.05, 0.1) is 21.3 Å². The maximum absolute atomic E-state index is 12.6. The fraction of sp³-hybridized carbons (Fsp3) is 0.217. The number of hydrogen-bond acceptors (Lipinski definition) is 3. The van der Waals surface area contributed by atoms with Crippen LogP contribution in [0.5, 0.6) is 17.2 Å². The van der Waals surface area contributed by atoms with Gasteiger partial charge in [-0.1, -0.05) is 30.3 Å². The predicted octanol–water partition coefficient (Wildman–Crippen LogP) is 6.42. The van der Waals surface area contributed by atoms with Crippen molar-refractivity contribution in [3.8, 4) is 17.2 Å². The summed E-state index contributed by atoms with van der Waals surface area (Å²) >= 11 is 0. The van der Waals surface area contributed by atoms with Crippen molar-refractivity contribution >= 4 is 24.8 Å². The highest BCUT2D eigenvalue weighted by atomic mass is 35.5. The molecule has 0 aliphatic carbocycles. The molecule has 0 amide bonds. The number of rotatable bonds is 5. The molecule has 0 aromatic heterocycles. The second kappa shape index (κ2) is 13.7. The van der Waals surface area contributed by atoms with Gasteiger partial charge in [0.1, 0.15) is 11.6 Å². The van der Waals surface area contributed by atoms with Crippen LogP contribution in [-0.2, 0) is 6.42 Å². The number of aryl methyl sites for hydroxylation is 1. The lowest BCUT2D eigenvalue weighted by molar-refractivity contribution is 0.323. The lowest BCUT2D eigenvalue weighted by Gasteiger charge is -2.13. The van der Waals surface area contributed by atoms with Gasteiger partial charge in [0.15, 0.2) is 11.5 Å². The van der Waals surface area contributed by atoms with Crippen LogP contribution >= 0.6 is 24.8 Å². The number of hydrogen-bond donors (Lipinski definition) is 0. The van der Waals surface area contributed by atoms with Crippen molar-refractivity contribution in [2.24, 2.45) is 0 Å². The first kappa shape index (κ1) is 27.5. The van der Waals surface area contributed by atoms with E-state index in [1.54, 1.807) is 45.6 Å². The van der Waals surface area contributed by atoms with E-state index in [0.717, 1.165) is 22.4 Å². The Bertz CT molecular complexity index is 843. The standard InChI is InChI=1S/C13H10F2.C10H14O3.2ClH/c14-12-5-1-10(2-6-12)9-11-3-7-13(15)8-4-11;1-7-5-6-8(11-2)10(13-4)9(7)12-3;;/h1-8H,9H2;5-6H,1-4H3;2*1H. The Morgan fingerprint density at radius 2 is 1.03 bits per heavy atom. The van der Waals surface area contributed by atoms with Gasteiger partial charge in [0.2, 0.25) is 5.75 Å². The number of ether oxygens (including phenoxy) is 3. The van der Waals surface area contributed by atoms with Gasteiger partial charge in [-0.25, -0.2) is 8.78 Å². The van der Waals surface area contributed by atoms with Gasteiger partial charge < -0.3 is 14.2 Å². The van der Waals surface area contributed by atoms with E-state index in [1.807, 2.05) is 19.1 Å². The molecule has 7 heteroatoms. The molecule has 0 aliphatic heterocycles. The van der Waals surface area contributed by atoms with Crippen LogP contribution in [0.2, 0.25) is 0 Å². The zero-order valence-electron chi connectivity index (χ0n) is 17.3. The van der Waals surface area contributed by atoms with E-state index < -0.39 is 0 Å². The van der Waals surface area contributed by atoms with Crippen LogP contribution in [-0.4, -0.2) is 21.3 Å². The molecule has 0 aliphatic rings. The Balaban J connectivity index is 0.000000531. The third-order valence-corrected chi connectivity index (χ3v) is 4.14. The van der Waals surface area contributed by atoms with Gasteiger partial charge in [-0.05, 0) is 60.4 Å². The zero-order valence-corrected chi connectivity index (χ0v) is 18.9. The van der Waals surface area contributed by atoms with E-state index >= 15 is 0 Å². The van der Waals surface area contributed by atoms with Gasteiger partial charge in [0, 0.05) is 0 Å². The molecule has 0 atom stereocenters. The van der Waals surface area contributed by atoms with Crippen molar-refractivity contribution in [2.75, 3.05) is 21.3 Å². The van der Waals surface area contributed by atoms with Crippen molar-refractivity contribution in [3.05, 3.63) is 89.0 Å². The van der Waals surface area contributed by atoms with Crippen molar-refractivity contribution in [3.63, 3.8) is 0 Å². The minimum atomic E-state index is -0.238. The molecule has 30 heavy (non-hydrogen) atoms. The van der Waals surface area contributed by atoms with Crippen molar-refractivity contribution < 1.29 is 23.0 Å². The molecule has 0 fully saturated rings. The van der Waals surface area contributed by atoms with Crippen LogP contribution < -0.4 is 14.2 Å². The SMILES string of the molecule is COc1ccc(C)c(OC)c1OC.Cl.Cl.Fc1ccc(Cc2ccc(F)cc2)cc1. The van der Waals surface area contributed by atoms with E-state index in [2.05, 4.69) is 0 Å². The van der Waals surface area contributed by atoms with Gasteiger partial charge in [-0.2, -0.15) is 0 Å². The normalized spacial score (nSPS) is 9.27. The second-order valence-electron chi connectivity index (χ2n) is 6.08. The molecule has 0 saturated heterocycles. The summed E-state index contributed by atoms with van der Waals surface area (Å²) in [6, 6.07) is 16.4. The molecule has 0 spiro atoms. The molecule has 0 heterocycles. The molecule has 0 bridgehead atoms. The third-order valence-electron chi connectivity index (χ3n) is 4.14. The summed E-state index contributed by atoms with van der Waals surface area (Å²) in [7, 11) is 4.82. The Hall–Kier alpha value is -2.50. The Labute approximate surface area is 188 Å². The summed E-state index contributed by atoms with van der Waals surface area (Å²) < 4.78 is 40.8. The zero-order chi connectivity index (χ0) is 20.5. The number of methoxy groups -OCH3 is 3. The quantitative estimate of drug-likeness (QED) is 0.441. The summed E-state index contributed by atoms with van der Waals surface area (Å²) in [6.45, 7) is 1.96. The molecular weight excluding hydrogens is 433 g/mol. The van der Waals surface area contributed by atoms with Crippen LogP contribution in [0, 0.1) is 18.6 Å². The Kier molecular flexibility index (Phi) is 12.5. The molecular formula is C23H26Cl2F2O3. The first-order chi connectivity index (χ1) is 13.5. The third kappa shape index (κ3) is 7.73. The summed E-state index contributed by atoms with van der Waals surface area (Å²) in [5.74, 6) is 1.58. The molecule has 164 valence electrons. The minimum absolute atomic E-state index is 0. The number of benzene rings is 3. The summed E-state index contributed by atoms with van der Waals surface area (Å²) in [4.78, 5) is 0. The Morgan fingerprint density at radius 1 is 0.600 bits per heavy atom. The van der Waals surface area contributed by atoms with Gasteiger partial charge in [-0.3, -0.25) is 0 Å². The highest BCUT2D eigenvalue weighted by molar-refractivity contribution is 5.85. The highest BCUT2D eigenvalue weighted by Crippen LogP contribution is 2.39. The van der Waals surface area contributed by atoms with E-state index in [-0.39, 0.29) is 36.4 Å². The number of halogens is 4. The van der Waals surface area contributed by atoms with E-state index in [0.29, 0.717) is 17.9 Å². The summed E-state index contributed by atoms with van der Waals surface area (Å²) in [5, 5.41) is 0. The summed E-state index contributed by atoms with van der Waals surface area (Å²) in [5.41, 5.74) is 3.06. The van der Waals surface area contributed by atoms with Crippen molar-refractivity contribution in [2.45, 2.75) is 13.3 Å². The minimum Gasteiger partial charge on any atom is -0.493 e. The smallest absolute Gasteiger partial charge is 0.203 e. The average Bonchev–Trinajstić information content (AvgIpc) is 2.71. The lowest BCUT2D eigenvalue weighted by atomic mass is 10.1. The maximum Gasteiger partial charge on any atom is 0.203 e. The highest BCUT2D eigenvalue weighted by Gasteiger charge is 2.12. The largest absolute Gasteiger partial charge is 0.493 e. The van der Waals surface area contributed by atoms with Gasteiger partial charge in [0.25, 0.3) is 0 Å². The molecule has 0 N–H and O–H groups in total. The first-order valence-electron chi connectivity index (χ1n) is 8.73. The summed E-state index contributed by atoms with van der Waals surface area (Å²) in [6.07, 6.45) is 0.695. The lowest BCUT2D eigenvalue weighted by Crippen LogP contribution is -1.96. The first-order valence-corrected chi connectivity index (χ1v) is 8.73. The van der Waals surface area contributed by atoms with Gasteiger partial charge in [-0.15, -0.1) is 24.8 Å². The van der Waals surface area contributed by atoms with Crippen LogP contribution in [0.15, 0.2) is 60.7 Å². The van der Waals surface area contributed by atoms with Crippen molar-refractivity contribution in [1.82, 2.24) is 0 Å². The topological polar surface area (TPSA) is 27.7 Å². The molecule has 0 saturated carbocycles. The van der Waals surface area contributed by atoms with Crippen LogP contribution in [0.4, 0.5) is 8.78 Å². The average molecular weight is 459 g/mol. The molecule has 3 aromatic carbocycles. The van der Waals surface area contributed by atoms with Crippen molar-refractivity contribution in [1.29, 1.82) is 0 Å². The van der Waals surface area contributed by atoms with Crippen LogP contribution in [0.25, 0.3) is 0 Å². The van der Waals surface area contributed by atoms with Crippen LogP contribution in [0.3, 0.4) is 0 Å². The molecule has 3 nitrogen and oxygen atoms in total. The van der Waals surface area contributed by atoms with E-state index in [1.165, 1.54) is 24.3 Å². The second-order valence-corrected chi connectivity index (χ2v) is 6.08. The fourth-order valence-corrected chi connectivity index (χ4v) is 2.69. The monoisotopic (exact) mass is 458 g/mol. The predicted molar refractivity (Wildman–Crippen MR) is 121 cm³/mol. The molecule has 0 unspecified atom stereocenters. The fourth-order valence-electron chi connectivity index (χ4n) is 2.69.